The minimum atomic E-state index is -0.342. The lowest BCUT2D eigenvalue weighted by atomic mass is 10.2. The summed E-state index contributed by atoms with van der Waals surface area (Å²) in [5.41, 5.74) is 0. The molecule has 0 saturated heterocycles. The van der Waals surface area contributed by atoms with Gasteiger partial charge in [-0.25, -0.2) is 4.79 Å². The Balaban J connectivity index is 2.55. The summed E-state index contributed by atoms with van der Waals surface area (Å²) < 4.78 is 4.88. The Morgan fingerprint density at radius 3 is 2.56 bits per heavy atom. The highest BCUT2D eigenvalue weighted by atomic mass is 16.5. The normalized spacial score (nSPS) is 14.0. The van der Waals surface area contributed by atoms with Crippen LogP contribution in [-0.4, -0.2) is 33.9 Å². The van der Waals surface area contributed by atoms with Crippen molar-refractivity contribution in [1.29, 1.82) is 0 Å². The summed E-state index contributed by atoms with van der Waals surface area (Å²) in [5.74, 6) is 0.926. The van der Waals surface area contributed by atoms with E-state index in [1.807, 2.05) is 13.8 Å². The molecule has 2 amide bonds. The SMILES string of the molecule is CCC(CO)NC(=O)NC(CC)c1noc(C)n1. The predicted octanol–water partition coefficient (Wildman–Crippen LogP) is 0.899. The van der Waals surface area contributed by atoms with E-state index in [1.165, 1.54) is 0 Å². The lowest BCUT2D eigenvalue weighted by Crippen LogP contribution is -2.44. The molecule has 0 saturated carbocycles. The van der Waals surface area contributed by atoms with Crippen LogP contribution >= 0.6 is 0 Å². The van der Waals surface area contributed by atoms with E-state index in [-0.39, 0.29) is 24.7 Å². The second kappa shape index (κ2) is 6.95. The quantitative estimate of drug-likeness (QED) is 0.702. The highest BCUT2D eigenvalue weighted by molar-refractivity contribution is 5.74. The Labute approximate surface area is 106 Å². The standard InChI is InChI=1S/C11H20N4O3/c1-4-8(6-16)13-11(17)14-9(5-2)10-12-7(3)18-15-10/h8-9,16H,4-6H2,1-3H3,(H2,13,14,17). The van der Waals surface area contributed by atoms with Gasteiger partial charge in [0.25, 0.3) is 0 Å². The van der Waals surface area contributed by atoms with Gasteiger partial charge in [0.1, 0.15) is 0 Å². The molecule has 0 spiro atoms. The van der Waals surface area contributed by atoms with E-state index >= 15 is 0 Å². The monoisotopic (exact) mass is 256 g/mol. The fourth-order valence-electron chi connectivity index (χ4n) is 1.47. The van der Waals surface area contributed by atoms with Crippen LogP contribution in [0.5, 0.6) is 0 Å². The van der Waals surface area contributed by atoms with E-state index in [4.69, 9.17) is 9.63 Å². The van der Waals surface area contributed by atoms with Crippen molar-refractivity contribution >= 4 is 6.03 Å². The molecular formula is C11H20N4O3. The molecule has 1 aromatic rings. The third-order valence-electron chi connectivity index (χ3n) is 2.62. The molecule has 2 atom stereocenters. The first-order valence-electron chi connectivity index (χ1n) is 6.08. The third kappa shape index (κ3) is 3.99. The van der Waals surface area contributed by atoms with E-state index in [0.29, 0.717) is 24.6 Å². The van der Waals surface area contributed by atoms with Gasteiger partial charge in [-0.1, -0.05) is 19.0 Å². The maximum absolute atomic E-state index is 11.7. The van der Waals surface area contributed by atoms with Crippen LogP contribution in [0.15, 0.2) is 4.52 Å². The fourth-order valence-corrected chi connectivity index (χ4v) is 1.47. The van der Waals surface area contributed by atoms with E-state index in [9.17, 15) is 4.79 Å². The molecule has 7 nitrogen and oxygen atoms in total. The average molecular weight is 256 g/mol. The van der Waals surface area contributed by atoms with Gasteiger partial charge in [0.15, 0.2) is 5.82 Å². The number of aliphatic hydroxyl groups is 1. The van der Waals surface area contributed by atoms with Gasteiger partial charge in [0.2, 0.25) is 5.89 Å². The maximum atomic E-state index is 11.7. The van der Waals surface area contributed by atoms with Crippen molar-refractivity contribution in [1.82, 2.24) is 20.8 Å². The molecule has 3 N–H and O–H groups in total. The second-order valence-electron chi connectivity index (χ2n) is 4.04. The number of aliphatic hydroxyl groups excluding tert-OH is 1. The third-order valence-corrected chi connectivity index (χ3v) is 2.62. The van der Waals surface area contributed by atoms with Crippen LogP contribution < -0.4 is 10.6 Å². The first-order valence-corrected chi connectivity index (χ1v) is 6.08. The molecule has 1 heterocycles. The summed E-state index contributed by atoms with van der Waals surface area (Å²) in [6, 6.07) is -0.877. The van der Waals surface area contributed by atoms with Crippen LogP contribution in [0, 0.1) is 6.92 Å². The minimum Gasteiger partial charge on any atom is -0.394 e. The van der Waals surface area contributed by atoms with Crippen molar-refractivity contribution < 1.29 is 14.4 Å². The Bertz CT molecular complexity index is 376. The van der Waals surface area contributed by atoms with Crippen LogP contribution in [0.3, 0.4) is 0 Å². The molecular weight excluding hydrogens is 236 g/mol. The molecule has 7 heteroatoms. The Morgan fingerprint density at radius 1 is 1.39 bits per heavy atom. The number of nitrogens with one attached hydrogen (secondary N) is 2. The lowest BCUT2D eigenvalue weighted by Gasteiger charge is -2.18. The number of nitrogens with zero attached hydrogens (tertiary/aromatic N) is 2. The molecule has 1 rings (SSSR count). The summed E-state index contributed by atoms with van der Waals surface area (Å²) in [4.78, 5) is 15.8. The number of urea groups is 1. The molecule has 0 aliphatic carbocycles. The highest BCUT2D eigenvalue weighted by Crippen LogP contribution is 2.12. The highest BCUT2D eigenvalue weighted by Gasteiger charge is 2.19. The number of rotatable bonds is 6. The van der Waals surface area contributed by atoms with Crippen molar-refractivity contribution in [2.24, 2.45) is 0 Å². The van der Waals surface area contributed by atoms with Crippen LogP contribution in [0.2, 0.25) is 0 Å². The summed E-state index contributed by atoms with van der Waals surface area (Å²) in [7, 11) is 0. The second-order valence-corrected chi connectivity index (χ2v) is 4.04. The fraction of sp³-hybridized carbons (Fsp3) is 0.727. The molecule has 1 aromatic heterocycles. The van der Waals surface area contributed by atoms with Gasteiger partial charge < -0.3 is 20.3 Å². The zero-order valence-electron chi connectivity index (χ0n) is 10.9. The Hall–Kier alpha value is -1.63. The summed E-state index contributed by atoms with van der Waals surface area (Å²) >= 11 is 0. The summed E-state index contributed by atoms with van der Waals surface area (Å²) in [6.07, 6.45) is 1.32. The molecule has 0 aromatic carbocycles. The predicted molar refractivity (Wildman–Crippen MR) is 64.9 cm³/mol. The molecule has 0 radical (unpaired) electrons. The number of carbonyl (C=O) groups excluding carboxylic acids is 1. The number of hydrogen-bond acceptors (Lipinski definition) is 5. The van der Waals surface area contributed by atoms with Crippen LogP contribution in [0.4, 0.5) is 4.79 Å². The average Bonchev–Trinajstić information content (AvgIpc) is 2.79. The maximum Gasteiger partial charge on any atom is 0.315 e. The number of amides is 2. The topological polar surface area (TPSA) is 100 Å². The van der Waals surface area contributed by atoms with Gasteiger partial charge in [-0.3, -0.25) is 0 Å². The Morgan fingerprint density at radius 2 is 2.11 bits per heavy atom. The van der Waals surface area contributed by atoms with Gasteiger partial charge >= 0.3 is 6.03 Å². The van der Waals surface area contributed by atoms with Crippen molar-refractivity contribution in [2.75, 3.05) is 6.61 Å². The molecule has 0 fully saturated rings. The van der Waals surface area contributed by atoms with Gasteiger partial charge in [0.05, 0.1) is 18.7 Å². The number of carbonyl (C=O) groups is 1. The largest absolute Gasteiger partial charge is 0.394 e. The van der Waals surface area contributed by atoms with E-state index in [0.717, 1.165) is 0 Å². The Kier molecular flexibility index (Phi) is 5.57. The van der Waals surface area contributed by atoms with Crippen molar-refractivity contribution in [3.05, 3.63) is 11.7 Å². The van der Waals surface area contributed by atoms with Crippen LogP contribution in [0.25, 0.3) is 0 Å². The smallest absolute Gasteiger partial charge is 0.315 e. The first kappa shape index (κ1) is 14.4. The number of aromatic nitrogens is 2. The summed E-state index contributed by atoms with van der Waals surface area (Å²) in [6.45, 7) is 5.42. The molecule has 0 aliphatic heterocycles. The molecule has 18 heavy (non-hydrogen) atoms. The minimum absolute atomic E-state index is 0.0813. The van der Waals surface area contributed by atoms with Gasteiger partial charge in [-0.2, -0.15) is 4.98 Å². The molecule has 2 unspecified atom stereocenters. The van der Waals surface area contributed by atoms with Crippen molar-refractivity contribution in [3.8, 4) is 0 Å². The molecule has 102 valence electrons. The van der Waals surface area contributed by atoms with Gasteiger partial charge in [-0.15, -0.1) is 0 Å². The van der Waals surface area contributed by atoms with Crippen LogP contribution in [-0.2, 0) is 0 Å². The van der Waals surface area contributed by atoms with Crippen molar-refractivity contribution in [3.63, 3.8) is 0 Å². The van der Waals surface area contributed by atoms with E-state index < -0.39 is 0 Å². The van der Waals surface area contributed by atoms with Gasteiger partial charge in [0, 0.05) is 6.92 Å². The summed E-state index contributed by atoms with van der Waals surface area (Å²) in [5, 5.41) is 18.2. The van der Waals surface area contributed by atoms with E-state index in [1.54, 1.807) is 6.92 Å². The molecule has 0 bridgehead atoms. The zero-order chi connectivity index (χ0) is 13.5. The first-order chi connectivity index (χ1) is 8.60. The number of hydrogen-bond donors (Lipinski definition) is 3. The number of aryl methyl sites for hydroxylation is 1. The van der Waals surface area contributed by atoms with Gasteiger partial charge in [-0.05, 0) is 12.8 Å². The van der Waals surface area contributed by atoms with Crippen molar-refractivity contribution in [2.45, 2.75) is 45.7 Å². The molecule has 0 aliphatic rings. The zero-order valence-corrected chi connectivity index (χ0v) is 10.9. The van der Waals surface area contributed by atoms with E-state index in [2.05, 4.69) is 20.8 Å². The lowest BCUT2D eigenvalue weighted by molar-refractivity contribution is 0.211. The van der Waals surface area contributed by atoms with Crippen LogP contribution in [0.1, 0.15) is 44.4 Å².